The summed E-state index contributed by atoms with van der Waals surface area (Å²) in [7, 11) is 0. The van der Waals surface area contributed by atoms with Crippen molar-refractivity contribution in [2.75, 3.05) is 44.2 Å². The van der Waals surface area contributed by atoms with Gasteiger partial charge in [-0.1, -0.05) is 12.8 Å². The lowest BCUT2D eigenvalue weighted by Crippen LogP contribution is -2.48. The Bertz CT molecular complexity index is 987. The van der Waals surface area contributed by atoms with Crippen LogP contribution in [0.15, 0.2) is 18.2 Å². The molecular weight excluding hydrogens is 452 g/mol. The molecule has 0 saturated carbocycles. The number of fused-ring (bicyclic) bond motifs is 1. The van der Waals surface area contributed by atoms with E-state index >= 15 is 0 Å². The smallest absolute Gasteiger partial charge is 0.338 e. The molecule has 2 amide bonds. The van der Waals surface area contributed by atoms with Crippen LogP contribution < -0.4 is 4.90 Å². The number of rotatable bonds is 8. The Kier molecular flexibility index (Phi) is 7.23. The zero-order valence-electron chi connectivity index (χ0n) is 20.3. The maximum atomic E-state index is 13.3. The summed E-state index contributed by atoms with van der Waals surface area (Å²) in [6.45, 7) is 11.1. The van der Waals surface area contributed by atoms with Crippen molar-refractivity contribution < 1.29 is 19.1 Å². The molecule has 8 nitrogen and oxygen atoms in total. The van der Waals surface area contributed by atoms with Crippen LogP contribution in [0.25, 0.3) is 0 Å². The molecule has 0 atom stereocenters. The predicted octanol–water partition coefficient (Wildman–Crippen LogP) is 2.79. The summed E-state index contributed by atoms with van der Waals surface area (Å²) in [4.78, 5) is 44.4. The van der Waals surface area contributed by atoms with Gasteiger partial charge in [0.05, 0.1) is 11.3 Å². The molecule has 4 rings (SSSR count). The van der Waals surface area contributed by atoms with E-state index < -0.39 is 5.54 Å². The van der Waals surface area contributed by atoms with Crippen molar-refractivity contribution in [1.82, 2.24) is 14.7 Å². The van der Waals surface area contributed by atoms with Gasteiger partial charge in [-0.05, 0) is 63.7 Å². The Hall–Kier alpha value is -2.52. The highest BCUT2D eigenvalue weighted by molar-refractivity contribution is 7.80. The summed E-state index contributed by atoms with van der Waals surface area (Å²) < 4.78 is 5.09. The molecule has 3 aliphatic heterocycles. The Morgan fingerprint density at radius 3 is 2.38 bits per heavy atom. The molecule has 184 valence electrons. The number of unbranched alkanes of at least 4 members (excludes halogenated alkanes) is 3. The molecule has 2 saturated heterocycles. The largest absolute Gasteiger partial charge is 0.457 e. The Balaban J connectivity index is 1.25. The first kappa shape index (κ1) is 24.6. The molecule has 1 aromatic carbocycles. The third-order valence-electron chi connectivity index (χ3n) is 7.17. The number of amides is 2. The zero-order chi connectivity index (χ0) is 24.5. The van der Waals surface area contributed by atoms with Crippen LogP contribution in [0.4, 0.5) is 5.69 Å². The van der Waals surface area contributed by atoms with Crippen molar-refractivity contribution in [2.45, 2.75) is 58.6 Å². The minimum atomic E-state index is -0.710. The van der Waals surface area contributed by atoms with E-state index in [1.54, 1.807) is 24.0 Å². The highest BCUT2D eigenvalue weighted by atomic mass is 32.1. The average molecular weight is 487 g/mol. The van der Waals surface area contributed by atoms with Crippen LogP contribution in [0.2, 0.25) is 0 Å². The first-order valence-corrected chi connectivity index (χ1v) is 12.5. The molecular formula is C25H34N4O4S. The van der Waals surface area contributed by atoms with E-state index in [1.165, 1.54) is 0 Å². The van der Waals surface area contributed by atoms with E-state index in [2.05, 4.69) is 4.90 Å². The number of benzene rings is 1. The lowest BCUT2D eigenvalue weighted by atomic mass is 10.0. The normalized spacial score (nSPS) is 20.2. The van der Waals surface area contributed by atoms with Crippen LogP contribution in [-0.2, 0) is 20.9 Å². The number of piperazine rings is 1. The number of cyclic esters (lactones) is 1. The van der Waals surface area contributed by atoms with Crippen molar-refractivity contribution in [1.29, 1.82) is 0 Å². The summed E-state index contributed by atoms with van der Waals surface area (Å²) >= 11 is 5.73. The molecule has 0 aromatic heterocycles. The maximum Gasteiger partial charge on any atom is 0.338 e. The molecule has 0 bridgehead atoms. The fraction of sp³-hybridized carbons (Fsp3) is 0.600. The molecule has 0 aliphatic carbocycles. The number of hydrogen-bond donors (Lipinski definition) is 0. The Morgan fingerprint density at radius 2 is 1.71 bits per heavy atom. The lowest BCUT2D eigenvalue weighted by molar-refractivity contribution is -0.130. The van der Waals surface area contributed by atoms with Gasteiger partial charge in [-0.25, -0.2) is 4.79 Å². The molecule has 3 heterocycles. The van der Waals surface area contributed by atoms with Gasteiger partial charge in [-0.15, -0.1) is 0 Å². The molecule has 1 aromatic rings. The highest BCUT2D eigenvalue weighted by Crippen LogP contribution is 2.34. The monoisotopic (exact) mass is 486 g/mol. The SMILES string of the molecule is CC(=O)N1CCN(CCCCCCN2C(=S)N(c3ccc4c(c3)COC4=O)C(=O)C2(C)C)CC1. The van der Waals surface area contributed by atoms with E-state index in [0.717, 1.165) is 70.5 Å². The topological polar surface area (TPSA) is 73.4 Å². The zero-order valence-corrected chi connectivity index (χ0v) is 21.2. The van der Waals surface area contributed by atoms with Crippen molar-refractivity contribution in [3.63, 3.8) is 0 Å². The van der Waals surface area contributed by atoms with Crippen LogP contribution in [0.3, 0.4) is 0 Å². The number of thiocarbonyl (C=S) groups is 1. The average Bonchev–Trinajstić information content (AvgIpc) is 3.25. The number of anilines is 1. The lowest BCUT2D eigenvalue weighted by Gasteiger charge is -2.34. The summed E-state index contributed by atoms with van der Waals surface area (Å²) in [5.41, 5.74) is 1.32. The van der Waals surface area contributed by atoms with Crippen LogP contribution in [0.1, 0.15) is 62.4 Å². The van der Waals surface area contributed by atoms with Crippen LogP contribution in [0.5, 0.6) is 0 Å². The van der Waals surface area contributed by atoms with Crippen LogP contribution in [-0.4, -0.2) is 82.4 Å². The van der Waals surface area contributed by atoms with Gasteiger partial charge in [0, 0.05) is 45.2 Å². The van der Waals surface area contributed by atoms with E-state index in [-0.39, 0.29) is 24.4 Å². The summed E-state index contributed by atoms with van der Waals surface area (Å²) in [6.07, 6.45) is 4.31. The van der Waals surface area contributed by atoms with Gasteiger partial charge in [0.25, 0.3) is 5.91 Å². The van der Waals surface area contributed by atoms with Crippen molar-refractivity contribution >= 4 is 40.8 Å². The van der Waals surface area contributed by atoms with Gasteiger partial charge in [-0.2, -0.15) is 0 Å². The molecule has 0 N–H and O–H groups in total. The number of carbonyl (C=O) groups is 3. The number of carbonyl (C=O) groups excluding carboxylic acids is 3. The van der Waals surface area contributed by atoms with E-state index in [1.807, 2.05) is 29.7 Å². The fourth-order valence-corrected chi connectivity index (χ4v) is 5.45. The molecule has 0 radical (unpaired) electrons. The second-order valence-corrected chi connectivity index (χ2v) is 10.2. The molecule has 0 unspecified atom stereocenters. The fourth-order valence-electron chi connectivity index (χ4n) is 4.94. The van der Waals surface area contributed by atoms with Crippen molar-refractivity contribution in [3.8, 4) is 0 Å². The molecule has 2 fully saturated rings. The predicted molar refractivity (Wildman–Crippen MR) is 134 cm³/mol. The summed E-state index contributed by atoms with van der Waals surface area (Å²) in [5.74, 6) is -0.204. The quantitative estimate of drug-likeness (QED) is 0.318. The number of esters is 1. The Labute approximate surface area is 206 Å². The molecule has 9 heteroatoms. The first-order valence-electron chi connectivity index (χ1n) is 12.1. The van der Waals surface area contributed by atoms with Crippen LogP contribution >= 0.6 is 12.2 Å². The Morgan fingerprint density at radius 1 is 1.03 bits per heavy atom. The van der Waals surface area contributed by atoms with Crippen LogP contribution in [0, 0.1) is 0 Å². The highest BCUT2D eigenvalue weighted by Gasteiger charge is 2.49. The molecule has 34 heavy (non-hydrogen) atoms. The van der Waals surface area contributed by atoms with Crippen molar-refractivity contribution in [2.24, 2.45) is 0 Å². The molecule has 0 spiro atoms. The third kappa shape index (κ3) is 4.81. The number of hydrogen-bond acceptors (Lipinski definition) is 6. The minimum absolute atomic E-state index is 0.0487. The minimum Gasteiger partial charge on any atom is -0.457 e. The maximum absolute atomic E-state index is 13.3. The van der Waals surface area contributed by atoms with Gasteiger partial charge in [0.2, 0.25) is 5.91 Å². The summed E-state index contributed by atoms with van der Waals surface area (Å²) in [6, 6.07) is 5.32. The third-order valence-corrected chi connectivity index (χ3v) is 7.58. The number of nitrogens with zero attached hydrogens (tertiary/aromatic N) is 4. The van der Waals surface area contributed by atoms with E-state index in [9.17, 15) is 14.4 Å². The van der Waals surface area contributed by atoms with E-state index in [0.29, 0.717) is 16.4 Å². The van der Waals surface area contributed by atoms with Gasteiger partial charge in [-0.3, -0.25) is 19.4 Å². The summed E-state index contributed by atoms with van der Waals surface area (Å²) in [5, 5.41) is 0.517. The number of ether oxygens (including phenoxy) is 1. The van der Waals surface area contributed by atoms with Gasteiger partial charge in [0.15, 0.2) is 5.11 Å². The van der Waals surface area contributed by atoms with Gasteiger partial charge < -0.3 is 14.5 Å². The second-order valence-electron chi connectivity index (χ2n) is 9.81. The molecule has 3 aliphatic rings. The second kappa shape index (κ2) is 10.00. The standard InChI is InChI=1S/C25H34N4O4S/c1-18(30)27-14-12-26(13-15-27)10-6-4-5-7-11-28-24(34)29(23(32)25(28,2)3)20-8-9-21-19(16-20)17-33-22(21)31/h8-9,16H,4-7,10-15,17H2,1-3H3. The van der Waals surface area contributed by atoms with E-state index in [4.69, 9.17) is 17.0 Å². The van der Waals surface area contributed by atoms with Gasteiger partial charge in [0.1, 0.15) is 12.1 Å². The van der Waals surface area contributed by atoms with Crippen molar-refractivity contribution in [3.05, 3.63) is 29.3 Å². The van der Waals surface area contributed by atoms with Gasteiger partial charge >= 0.3 is 5.97 Å². The first-order chi connectivity index (χ1) is 16.2.